The lowest BCUT2D eigenvalue weighted by Crippen LogP contribution is -2.30. The highest BCUT2D eigenvalue weighted by molar-refractivity contribution is 9.10. The fourth-order valence-electron chi connectivity index (χ4n) is 1.79. The Kier molecular flexibility index (Phi) is 3.66. The zero-order valence-electron chi connectivity index (χ0n) is 9.70. The van der Waals surface area contributed by atoms with E-state index in [1.165, 1.54) is 12.8 Å². The predicted octanol–water partition coefficient (Wildman–Crippen LogP) is 1.15. The van der Waals surface area contributed by atoms with Gasteiger partial charge in [0.15, 0.2) is 0 Å². The zero-order valence-corrected chi connectivity index (χ0v) is 11.3. The summed E-state index contributed by atoms with van der Waals surface area (Å²) in [6.07, 6.45) is 2.80. The molecule has 4 nitrogen and oxygen atoms in total. The lowest BCUT2D eigenvalue weighted by atomic mass is 10.2. The van der Waals surface area contributed by atoms with Gasteiger partial charge < -0.3 is 10.4 Å². The number of hydrogen-bond donors (Lipinski definition) is 2. The number of hydrogen-bond acceptors (Lipinski definition) is 3. The zero-order chi connectivity index (χ0) is 11.7. The first-order chi connectivity index (χ1) is 7.58. The lowest BCUT2D eigenvalue weighted by Gasteiger charge is -2.11. The van der Waals surface area contributed by atoms with Crippen LogP contribution < -0.4 is 5.32 Å². The molecule has 2 rings (SSSR count). The molecule has 1 fully saturated rings. The molecule has 1 unspecified atom stereocenters. The van der Waals surface area contributed by atoms with Crippen molar-refractivity contribution in [2.45, 2.75) is 38.3 Å². The summed E-state index contributed by atoms with van der Waals surface area (Å²) in [4.78, 5) is 0. The maximum absolute atomic E-state index is 9.91. The summed E-state index contributed by atoms with van der Waals surface area (Å²) in [6.45, 7) is 2.63. The van der Waals surface area contributed by atoms with Crippen molar-refractivity contribution in [2.24, 2.45) is 7.05 Å². The first kappa shape index (κ1) is 12.1. The van der Waals surface area contributed by atoms with E-state index in [0.29, 0.717) is 19.0 Å². The van der Waals surface area contributed by atoms with Gasteiger partial charge in [0, 0.05) is 26.1 Å². The number of aryl methyl sites for hydroxylation is 2. The van der Waals surface area contributed by atoms with E-state index in [9.17, 15) is 5.11 Å². The van der Waals surface area contributed by atoms with Crippen molar-refractivity contribution in [3.63, 3.8) is 0 Å². The smallest absolute Gasteiger partial charge is 0.0738 e. The van der Waals surface area contributed by atoms with Crippen LogP contribution in [-0.4, -0.2) is 33.6 Å². The number of aromatic nitrogens is 2. The SMILES string of the molecule is Cc1nn(C)c(CC(O)CNC2CC2)c1Br. The lowest BCUT2D eigenvalue weighted by molar-refractivity contribution is 0.169. The van der Waals surface area contributed by atoms with Gasteiger partial charge in [-0.25, -0.2) is 0 Å². The molecule has 0 bridgehead atoms. The normalized spacial score (nSPS) is 17.8. The van der Waals surface area contributed by atoms with Crippen LogP contribution in [-0.2, 0) is 13.5 Å². The van der Waals surface area contributed by atoms with Crippen LogP contribution in [0.4, 0.5) is 0 Å². The topological polar surface area (TPSA) is 50.1 Å². The maximum Gasteiger partial charge on any atom is 0.0738 e. The summed E-state index contributed by atoms with van der Waals surface area (Å²) >= 11 is 3.51. The van der Waals surface area contributed by atoms with E-state index in [0.717, 1.165) is 15.9 Å². The summed E-state index contributed by atoms with van der Waals surface area (Å²) in [5.74, 6) is 0. The summed E-state index contributed by atoms with van der Waals surface area (Å²) in [5, 5.41) is 17.5. The third-order valence-corrected chi connectivity index (χ3v) is 3.94. The summed E-state index contributed by atoms with van der Waals surface area (Å²) in [5.41, 5.74) is 2.03. The monoisotopic (exact) mass is 287 g/mol. The molecule has 2 N–H and O–H groups in total. The minimum Gasteiger partial charge on any atom is -0.391 e. The third-order valence-electron chi connectivity index (χ3n) is 2.91. The van der Waals surface area contributed by atoms with Crippen molar-refractivity contribution in [2.75, 3.05) is 6.54 Å². The predicted molar refractivity (Wildman–Crippen MR) is 66.4 cm³/mol. The molecule has 1 aliphatic rings. The minimum absolute atomic E-state index is 0.341. The Hall–Kier alpha value is -0.390. The highest BCUT2D eigenvalue weighted by Gasteiger charge is 2.22. The van der Waals surface area contributed by atoms with E-state index in [1.807, 2.05) is 18.7 Å². The van der Waals surface area contributed by atoms with Crippen molar-refractivity contribution < 1.29 is 5.11 Å². The molecular formula is C11H18BrN3O. The Morgan fingerprint density at radius 1 is 1.62 bits per heavy atom. The van der Waals surface area contributed by atoms with Gasteiger partial charge in [-0.1, -0.05) is 0 Å². The first-order valence-electron chi connectivity index (χ1n) is 5.67. The largest absolute Gasteiger partial charge is 0.391 e. The van der Waals surface area contributed by atoms with Crippen LogP contribution in [0.3, 0.4) is 0 Å². The second-order valence-corrected chi connectivity index (χ2v) is 5.30. The highest BCUT2D eigenvalue weighted by Crippen LogP contribution is 2.22. The molecule has 16 heavy (non-hydrogen) atoms. The van der Waals surface area contributed by atoms with E-state index in [4.69, 9.17) is 0 Å². The number of halogens is 1. The average molecular weight is 288 g/mol. The van der Waals surface area contributed by atoms with E-state index in [1.54, 1.807) is 0 Å². The minimum atomic E-state index is -0.341. The van der Waals surface area contributed by atoms with Crippen LogP contribution in [0.1, 0.15) is 24.2 Å². The molecular weight excluding hydrogens is 270 g/mol. The second-order valence-electron chi connectivity index (χ2n) is 4.51. The van der Waals surface area contributed by atoms with Gasteiger partial charge >= 0.3 is 0 Å². The number of nitrogens with zero attached hydrogens (tertiary/aromatic N) is 2. The van der Waals surface area contributed by atoms with Gasteiger partial charge in [-0.15, -0.1) is 0 Å². The molecule has 1 saturated carbocycles. The Morgan fingerprint density at radius 2 is 2.31 bits per heavy atom. The van der Waals surface area contributed by atoms with E-state index in [2.05, 4.69) is 26.3 Å². The number of nitrogens with one attached hydrogen (secondary N) is 1. The molecule has 1 heterocycles. The van der Waals surface area contributed by atoms with Gasteiger partial charge in [-0.05, 0) is 35.7 Å². The average Bonchev–Trinajstić information content (AvgIpc) is 3.01. The van der Waals surface area contributed by atoms with E-state index < -0.39 is 0 Å². The van der Waals surface area contributed by atoms with E-state index in [-0.39, 0.29) is 6.10 Å². The van der Waals surface area contributed by atoms with Crippen LogP contribution in [0.2, 0.25) is 0 Å². The highest BCUT2D eigenvalue weighted by atomic mass is 79.9. The van der Waals surface area contributed by atoms with Gasteiger partial charge in [-0.3, -0.25) is 4.68 Å². The Labute approximate surface area is 104 Å². The van der Waals surface area contributed by atoms with Gasteiger partial charge in [0.2, 0.25) is 0 Å². The summed E-state index contributed by atoms with van der Waals surface area (Å²) < 4.78 is 2.85. The van der Waals surface area contributed by atoms with Crippen molar-refractivity contribution in [3.8, 4) is 0 Å². The molecule has 0 saturated heterocycles. The Balaban J connectivity index is 1.91. The number of rotatable bonds is 5. The van der Waals surface area contributed by atoms with Gasteiger partial charge in [0.1, 0.15) is 0 Å². The molecule has 1 aliphatic carbocycles. The molecule has 1 aromatic rings. The first-order valence-corrected chi connectivity index (χ1v) is 6.46. The van der Waals surface area contributed by atoms with Gasteiger partial charge in [-0.2, -0.15) is 5.10 Å². The van der Waals surface area contributed by atoms with Crippen LogP contribution in [0.5, 0.6) is 0 Å². The van der Waals surface area contributed by atoms with Gasteiger partial charge in [0.05, 0.1) is 22.0 Å². The quantitative estimate of drug-likeness (QED) is 0.854. The van der Waals surface area contributed by atoms with Gasteiger partial charge in [0.25, 0.3) is 0 Å². The second kappa shape index (κ2) is 4.85. The van der Waals surface area contributed by atoms with Crippen molar-refractivity contribution >= 4 is 15.9 Å². The molecule has 0 aliphatic heterocycles. The van der Waals surface area contributed by atoms with Crippen molar-refractivity contribution in [3.05, 3.63) is 15.9 Å². The molecule has 0 spiro atoms. The van der Waals surface area contributed by atoms with Crippen LogP contribution in [0.25, 0.3) is 0 Å². The Bertz CT molecular complexity index is 374. The van der Waals surface area contributed by atoms with Crippen LogP contribution in [0.15, 0.2) is 4.47 Å². The summed E-state index contributed by atoms with van der Waals surface area (Å²) in [6, 6.07) is 0.645. The molecule has 90 valence electrons. The fourth-order valence-corrected chi connectivity index (χ4v) is 2.29. The Morgan fingerprint density at radius 3 is 2.81 bits per heavy atom. The molecule has 5 heteroatoms. The molecule has 1 aromatic heterocycles. The van der Waals surface area contributed by atoms with Crippen molar-refractivity contribution in [1.29, 1.82) is 0 Å². The molecule has 1 atom stereocenters. The maximum atomic E-state index is 9.91. The van der Waals surface area contributed by atoms with Crippen molar-refractivity contribution in [1.82, 2.24) is 15.1 Å². The van der Waals surface area contributed by atoms with Crippen LogP contribution in [0, 0.1) is 6.92 Å². The fraction of sp³-hybridized carbons (Fsp3) is 0.727. The standard InChI is InChI=1S/C11H18BrN3O/c1-7-11(12)10(15(2)14-7)5-9(16)6-13-8-3-4-8/h8-9,13,16H,3-6H2,1-2H3. The molecule has 0 aromatic carbocycles. The number of aliphatic hydroxyl groups excluding tert-OH is 1. The number of aliphatic hydroxyl groups is 1. The van der Waals surface area contributed by atoms with E-state index >= 15 is 0 Å². The molecule has 0 radical (unpaired) electrons. The summed E-state index contributed by atoms with van der Waals surface area (Å²) in [7, 11) is 1.91. The molecule has 0 amide bonds. The van der Waals surface area contributed by atoms with Crippen LogP contribution >= 0.6 is 15.9 Å². The third kappa shape index (κ3) is 2.84.